The molecule has 0 bridgehead atoms. The minimum atomic E-state index is -0.201. The summed E-state index contributed by atoms with van der Waals surface area (Å²) in [6.45, 7) is 10.1. The molecule has 154 valence electrons. The highest BCUT2D eigenvalue weighted by molar-refractivity contribution is 6.07. The van der Waals surface area contributed by atoms with E-state index >= 15 is 0 Å². The summed E-state index contributed by atoms with van der Waals surface area (Å²) in [5.74, 6) is 0.282. The molecule has 3 aromatic carbocycles. The largest absolute Gasteiger partial charge is 0.366 e. The number of amides is 1. The van der Waals surface area contributed by atoms with E-state index in [0.29, 0.717) is 11.5 Å². The fourth-order valence-corrected chi connectivity index (χ4v) is 4.84. The van der Waals surface area contributed by atoms with Crippen LogP contribution in [0.25, 0.3) is 10.8 Å². The highest BCUT2D eigenvalue weighted by Gasteiger charge is 2.35. The van der Waals surface area contributed by atoms with Crippen molar-refractivity contribution in [3.8, 4) is 0 Å². The predicted octanol–water partition coefficient (Wildman–Crippen LogP) is 5.72. The van der Waals surface area contributed by atoms with Gasteiger partial charge >= 0.3 is 0 Å². The first-order valence-electron chi connectivity index (χ1n) is 10.6. The minimum Gasteiger partial charge on any atom is -0.366 e. The Morgan fingerprint density at radius 3 is 2.73 bits per heavy atom. The molecule has 1 aliphatic rings. The van der Waals surface area contributed by atoms with Gasteiger partial charge < -0.3 is 4.90 Å². The Morgan fingerprint density at radius 1 is 1.17 bits per heavy atom. The molecule has 3 aromatic rings. The summed E-state index contributed by atoms with van der Waals surface area (Å²) in [7, 11) is 0. The molecule has 0 saturated carbocycles. The third-order valence-electron chi connectivity index (χ3n) is 6.14. The molecule has 1 N–H and O–H groups in total. The van der Waals surface area contributed by atoms with Gasteiger partial charge in [-0.2, -0.15) is 5.10 Å². The van der Waals surface area contributed by atoms with Gasteiger partial charge in [0.05, 0.1) is 6.21 Å². The van der Waals surface area contributed by atoms with E-state index in [1.807, 2.05) is 42.5 Å². The number of carbonyl (C=O) groups is 1. The second-order valence-electron chi connectivity index (χ2n) is 8.71. The third-order valence-corrected chi connectivity index (χ3v) is 6.14. The molecule has 4 nitrogen and oxygen atoms in total. The Hall–Kier alpha value is -3.14. The summed E-state index contributed by atoms with van der Waals surface area (Å²) in [5, 5.41) is 6.20. The average Bonchev–Trinajstić information content (AvgIpc) is 2.73. The normalized spacial score (nSPS) is 17.9. The standard InChI is InChI=1S/C26H29N3O/c1-5-29-24-14-13-19(15-23(24)18(2)16-26(29,3)4)17-27-28-25(30)22-12-8-10-20-9-6-7-11-21(20)22/h6-15,17-18H,5,16H2,1-4H3,(H,28,30)/b27-17-/t18-/m0/s1. The summed E-state index contributed by atoms with van der Waals surface area (Å²) >= 11 is 0. The molecular weight excluding hydrogens is 370 g/mol. The first-order valence-corrected chi connectivity index (χ1v) is 10.6. The molecule has 1 amide bonds. The molecule has 0 aromatic heterocycles. The summed E-state index contributed by atoms with van der Waals surface area (Å²) in [5.41, 5.74) is 7.12. The zero-order valence-corrected chi connectivity index (χ0v) is 18.1. The van der Waals surface area contributed by atoms with Gasteiger partial charge in [0.15, 0.2) is 0 Å². The molecule has 1 heterocycles. The van der Waals surface area contributed by atoms with Crippen molar-refractivity contribution < 1.29 is 4.79 Å². The number of hydrogen-bond donors (Lipinski definition) is 1. The van der Waals surface area contributed by atoms with Crippen LogP contribution in [-0.2, 0) is 0 Å². The SMILES string of the molecule is CCN1c2ccc(/C=N\NC(=O)c3cccc4ccccc34)cc2[C@@H](C)CC1(C)C. The highest BCUT2D eigenvalue weighted by atomic mass is 16.2. The maximum atomic E-state index is 12.7. The van der Waals surface area contributed by atoms with Crippen LogP contribution in [-0.4, -0.2) is 24.2 Å². The molecule has 0 saturated heterocycles. The Bertz CT molecular complexity index is 1110. The van der Waals surface area contributed by atoms with Gasteiger partial charge in [0.2, 0.25) is 0 Å². The van der Waals surface area contributed by atoms with Gasteiger partial charge in [0.1, 0.15) is 0 Å². The fraction of sp³-hybridized carbons (Fsp3) is 0.308. The molecule has 0 fully saturated rings. The third kappa shape index (κ3) is 3.70. The maximum absolute atomic E-state index is 12.7. The van der Waals surface area contributed by atoms with E-state index in [-0.39, 0.29) is 11.4 Å². The average molecular weight is 400 g/mol. The molecule has 4 heteroatoms. The Morgan fingerprint density at radius 2 is 1.93 bits per heavy atom. The van der Waals surface area contributed by atoms with Crippen LogP contribution < -0.4 is 10.3 Å². The van der Waals surface area contributed by atoms with Crippen molar-refractivity contribution in [2.75, 3.05) is 11.4 Å². The van der Waals surface area contributed by atoms with Gasteiger partial charge in [-0.25, -0.2) is 5.43 Å². The van der Waals surface area contributed by atoms with E-state index in [9.17, 15) is 4.79 Å². The van der Waals surface area contributed by atoms with Crippen LogP contribution in [0.15, 0.2) is 65.8 Å². The van der Waals surface area contributed by atoms with E-state index in [2.05, 4.69) is 61.3 Å². The number of hydrogen-bond acceptors (Lipinski definition) is 3. The Kier molecular flexibility index (Phi) is 5.33. The molecule has 1 aliphatic heterocycles. The lowest BCUT2D eigenvalue weighted by molar-refractivity contribution is 0.0957. The molecule has 0 aliphatic carbocycles. The Balaban J connectivity index is 1.54. The molecule has 1 atom stereocenters. The quantitative estimate of drug-likeness (QED) is 0.451. The van der Waals surface area contributed by atoms with Crippen molar-refractivity contribution in [1.29, 1.82) is 0 Å². The smallest absolute Gasteiger partial charge is 0.271 e. The van der Waals surface area contributed by atoms with Gasteiger partial charge in [-0.3, -0.25) is 4.79 Å². The van der Waals surface area contributed by atoms with Gasteiger partial charge in [-0.1, -0.05) is 49.4 Å². The van der Waals surface area contributed by atoms with Crippen LogP contribution in [0.3, 0.4) is 0 Å². The van der Waals surface area contributed by atoms with Gasteiger partial charge in [-0.15, -0.1) is 0 Å². The zero-order chi connectivity index (χ0) is 21.3. The lowest BCUT2D eigenvalue weighted by Crippen LogP contribution is -2.48. The van der Waals surface area contributed by atoms with Gasteiger partial charge in [0.25, 0.3) is 5.91 Å². The summed E-state index contributed by atoms with van der Waals surface area (Å²) in [4.78, 5) is 15.1. The van der Waals surface area contributed by atoms with Crippen molar-refractivity contribution in [2.24, 2.45) is 5.10 Å². The van der Waals surface area contributed by atoms with Crippen LogP contribution >= 0.6 is 0 Å². The number of benzene rings is 3. The predicted molar refractivity (Wildman–Crippen MR) is 126 cm³/mol. The summed E-state index contributed by atoms with van der Waals surface area (Å²) in [6, 6.07) is 20.1. The van der Waals surface area contributed by atoms with Crippen molar-refractivity contribution in [3.63, 3.8) is 0 Å². The van der Waals surface area contributed by atoms with Crippen molar-refractivity contribution in [1.82, 2.24) is 5.43 Å². The first-order chi connectivity index (χ1) is 14.4. The summed E-state index contributed by atoms with van der Waals surface area (Å²) in [6.07, 6.45) is 2.85. The number of rotatable bonds is 4. The lowest BCUT2D eigenvalue weighted by atomic mass is 9.79. The molecule has 30 heavy (non-hydrogen) atoms. The van der Waals surface area contributed by atoms with Crippen LogP contribution in [0.1, 0.15) is 61.5 Å². The van der Waals surface area contributed by atoms with E-state index in [1.54, 1.807) is 6.21 Å². The van der Waals surface area contributed by atoms with E-state index < -0.39 is 0 Å². The number of nitrogens with one attached hydrogen (secondary N) is 1. The fourth-order valence-electron chi connectivity index (χ4n) is 4.84. The van der Waals surface area contributed by atoms with Gasteiger partial charge in [0, 0.05) is 23.3 Å². The van der Waals surface area contributed by atoms with Crippen molar-refractivity contribution in [3.05, 3.63) is 77.4 Å². The van der Waals surface area contributed by atoms with Crippen LogP contribution in [0.2, 0.25) is 0 Å². The summed E-state index contributed by atoms with van der Waals surface area (Å²) < 4.78 is 0. The molecule has 0 radical (unpaired) electrons. The van der Waals surface area contributed by atoms with Crippen LogP contribution in [0.4, 0.5) is 5.69 Å². The first kappa shape index (κ1) is 20.1. The topological polar surface area (TPSA) is 44.7 Å². The lowest BCUT2D eigenvalue weighted by Gasteiger charge is -2.47. The zero-order valence-electron chi connectivity index (χ0n) is 18.1. The molecular formula is C26H29N3O. The number of hydrazone groups is 1. The van der Waals surface area contributed by atoms with Gasteiger partial charge in [-0.05, 0) is 73.2 Å². The number of carbonyl (C=O) groups excluding carboxylic acids is 1. The Labute approximate surface area is 178 Å². The van der Waals surface area contributed by atoms with E-state index in [4.69, 9.17) is 0 Å². The maximum Gasteiger partial charge on any atom is 0.271 e. The van der Waals surface area contributed by atoms with E-state index in [0.717, 1.165) is 29.3 Å². The molecule has 4 rings (SSSR count). The minimum absolute atomic E-state index is 0.156. The van der Waals surface area contributed by atoms with Crippen molar-refractivity contribution >= 4 is 28.6 Å². The monoisotopic (exact) mass is 399 g/mol. The second-order valence-corrected chi connectivity index (χ2v) is 8.71. The van der Waals surface area contributed by atoms with Crippen molar-refractivity contribution in [2.45, 2.75) is 45.6 Å². The van der Waals surface area contributed by atoms with E-state index in [1.165, 1.54) is 11.3 Å². The molecule has 0 spiro atoms. The molecule has 0 unspecified atom stereocenters. The number of anilines is 1. The van der Waals surface area contributed by atoms with Crippen LogP contribution in [0.5, 0.6) is 0 Å². The second kappa shape index (κ2) is 7.94. The number of nitrogens with zero attached hydrogens (tertiary/aromatic N) is 2. The number of fused-ring (bicyclic) bond motifs is 2. The highest BCUT2D eigenvalue weighted by Crippen LogP contribution is 2.43. The van der Waals surface area contributed by atoms with Crippen LogP contribution in [0, 0.1) is 0 Å².